The third-order valence-corrected chi connectivity index (χ3v) is 4.33. The van der Waals surface area contributed by atoms with Gasteiger partial charge < -0.3 is 5.11 Å². The molecule has 0 atom stereocenters. The number of hydrogen-bond acceptors (Lipinski definition) is 2. The van der Waals surface area contributed by atoms with Crippen LogP contribution in [0.15, 0.2) is 12.1 Å². The summed E-state index contributed by atoms with van der Waals surface area (Å²) >= 11 is 1.83. The fourth-order valence-electron chi connectivity index (χ4n) is 2.47. The maximum Gasteiger partial charge on any atom is 0.0695 e. The molecule has 1 nitrogen and oxygen atoms in total. The Bertz CT molecular complexity index is 308. The maximum absolute atomic E-state index is 10.5. The molecule has 0 aromatic carbocycles. The van der Waals surface area contributed by atoms with Crippen molar-refractivity contribution in [3.63, 3.8) is 0 Å². The summed E-state index contributed by atoms with van der Waals surface area (Å²) in [7, 11) is 0. The van der Waals surface area contributed by atoms with E-state index >= 15 is 0 Å². The van der Waals surface area contributed by atoms with E-state index in [-0.39, 0.29) is 0 Å². The van der Waals surface area contributed by atoms with E-state index in [2.05, 4.69) is 19.1 Å². The molecule has 1 aliphatic carbocycles. The van der Waals surface area contributed by atoms with E-state index < -0.39 is 5.60 Å². The van der Waals surface area contributed by atoms with Gasteiger partial charge in [-0.1, -0.05) is 25.7 Å². The van der Waals surface area contributed by atoms with E-state index in [0.29, 0.717) is 0 Å². The zero-order chi connectivity index (χ0) is 10.7. The molecule has 1 fully saturated rings. The van der Waals surface area contributed by atoms with E-state index in [4.69, 9.17) is 0 Å². The van der Waals surface area contributed by atoms with Gasteiger partial charge in [-0.3, -0.25) is 0 Å². The monoisotopic (exact) mass is 224 g/mol. The smallest absolute Gasteiger partial charge is 0.0695 e. The Morgan fingerprint density at radius 1 is 1.20 bits per heavy atom. The minimum atomic E-state index is -0.409. The Balaban J connectivity index is 2.02. The molecule has 0 amide bonds. The van der Waals surface area contributed by atoms with Gasteiger partial charge >= 0.3 is 0 Å². The molecule has 0 saturated heterocycles. The van der Waals surface area contributed by atoms with Crippen molar-refractivity contribution in [1.29, 1.82) is 0 Å². The van der Waals surface area contributed by atoms with E-state index in [1.165, 1.54) is 35.4 Å². The van der Waals surface area contributed by atoms with Crippen molar-refractivity contribution in [3.05, 3.63) is 21.9 Å². The molecule has 1 heterocycles. The molecule has 0 aliphatic heterocycles. The summed E-state index contributed by atoms with van der Waals surface area (Å²) in [6.45, 7) is 2.13. The molecule has 1 aromatic heterocycles. The summed E-state index contributed by atoms with van der Waals surface area (Å²) in [6, 6.07) is 4.32. The summed E-state index contributed by atoms with van der Waals surface area (Å²) in [5.74, 6) is 0. The summed E-state index contributed by atoms with van der Waals surface area (Å²) in [4.78, 5) is 2.69. The van der Waals surface area contributed by atoms with Crippen LogP contribution in [-0.2, 0) is 6.42 Å². The van der Waals surface area contributed by atoms with Gasteiger partial charge in [0.25, 0.3) is 0 Å². The van der Waals surface area contributed by atoms with Gasteiger partial charge in [0.05, 0.1) is 5.60 Å². The lowest BCUT2D eigenvalue weighted by atomic mass is 9.90. The SMILES string of the molecule is Cc1ccc(CC2(O)CCCCCC2)s1. The molecule has 1 N–H and O–H groups in total. The zero-order valence-electron chi connectivity index (χ0n) is 9.46. The molecular formula is C13H20OS. The first-order valence-corrected chi connectivity index (χ1v) is 6.77. The lowest BCUT2D eigenvalue weighted by molar-refractivity contribution is 0.0260. The topological polar surface area (TPSA) is 20.2 Å². The lowest BCUT2D eigenvalue weighted by Crippen LogP contribution is -2.30. The van der Waals surface area contributed by atoms with Crippen LogP contribution >= 0.6 is 11.3 Å². The standard InChI is InChI=1S/C13H20OS/c1-11-6-7-12(15-11)10-13(14)8-4-2-3-5-9-13/h6-7,14H,2-5,8-10H2,1H3. The minimum absolute atomic E-state index is 0.409. The van der Waals surface area contributed by atoms with Crippen LogP contribution in [0.1, 0.15) is 48.3 Å². The molecule has 0 bridgehead atoms. The Hall–Kier alpha value is -0.340. The molecule has 1 aliphatic rings. The third-order valence-electron chi connectivity index (χ3n) is 3.33. The van der Waals surface area contributed by atoms with Crippen LogP contribution in [0, 0.1) is 6.92 Å². The Labute approximate surface area is 96.1 Å². The highest BCUT2D eigenvalue weighted by atomic mass is 32.1. The molecule has 2 rings (SSSR count). The first kappa shape index (κ1) is 11.2. The quantitative estimate of drug-likeness (QED) is 0.760. The molecule has 0 spiro atoms. The number of hydrogen-bond donors (Lipinski definition) is 1. The fourth-order valence-corrected chi connectivity index (χ4v) is 3.49. The Morgan fingerprint density at radius 3 is 2.40 bits per heavy atom. The average molecular weight is 224 g/mol. The molecular weight excluding hydrogens is 204 g/mol. The molecule has 2 heteroatoms. The van der Waals surface area contributed by atoms with Gasteiger partial charge in [-0.2, -0.15) is 0 Å². The maximum atomic E-state index is 10.5. The summed E-state index contributed by atoms with van der Waals surface area (Å²) < 4.78 is 0. The van der Waals surface area contributed by atoms with Crippen molar-refractivity contribution in [2.45, 2.75) is 57.5 Å². The van der Waals surface area contributed by atoms with Gasteiger partial charge in [0.15, 0.2) is 0 Å². The third kappa shape index (κ3) is 3.05. The molecule has 84 valence electrons. The predicted octanol–water partition coefficient (Wildman–Crippen LogP) is 3.68. The molecule has 0 unspecified atom stereocenters. The first-order chi connectivity index (χ1) is 7.18. The highest BCUT2D eigenvalue weighted by Gasteiger charge is 2.28. The molecule has 0 radical (unpaired) electrons. The highest BCUT2D eigenvalue weighted by Crippen LogP contribution is 2.31. The lowest BCUT2D eigenvalue weighted by Gasteiger charge is -2.25. The summed E-state index contributed by atoms with van der Waals surface area (Å²) in [5, 5.41) is 10.5. The number of aryl methyl sites for hydroxylation is 1. The van der Waals surface area contributed by atoms with Gasteiger partial charge in [0, 0.05) is 16.2 Å². The average Bonchev–Trinajstić information content (AvgIpc) is 2.46. The minimum Gasteiger partial charge on any atom is -0.390 e. The largest absolute Gasteiger partial charge is 0.390 e. The van der Waals surface area contributed by atoms with Crippen molar-refractivity contribution in [2.75, 3.05) is 0 Å². The van der Waals surface area contributed by atoms with Crippen molar-refractivity contribution >= 4 is 11.3 Å². The number of thiophene rings is 1. The van der Waals surface area contributed by atoms with Crippen molar-refractivity contribution in [3.8, 4) is 0 Å². The van der Waals surface area contributed by atoms with Crippen molar-refractivity contribution < 1.29 is 5.11 Å². The van der Waals surface area contributed by atoms with E-state index in [1.54, 1.807) is 0 Å². The zero-order valence-corrected chi connectivity index (χ0v) is 10.3. The number of aliphatic hydroxyl groups is 1. The van der Waals surface area contributed by atoms with E-state index in [9.17, 15) is 5.11 Å². The van der Waals surface area contributed by atoms with Gasteiger partial charge in [0.1, 0.15) is 0 Å². The predicted molar refractivity (Wildman–Crippen MR) is 65.4 cm³/mol. The van der Waals surface area contributed by atoms with Crippen LogP contribution in [0.4, 0.5) is 0 Å². The normalized spacial score (nSPS) is 21.2. The Morgan fingerprint density at radius 2 is 1.87 bits per heavy atom. The Kier molecular flexibility index (Phi) is 3.47. The van der Waals surface area contributed by atoms with Crippen LogP contribution < -0.4 is 0 Å². The first-order valence-electron chi connectivity index (χ1n) is 5.96. The van der Waals surface area contributed by atoms with Crippen molar-refractivity contribution in [2.24, 2.45) is 0 Å². The molecule has 1 aromatic rings. The second kappa shape index (κ2) is 4.67. The second-order valence-electron chi connectivity index (χ2n) is 4.83. The van der Waals surface area contributed by atoms with Gasteiger partial charge in [0.2, 0.25) is 0 Å². The fraction of sp³-hybridized carbons (Fsp3) is 0.692. The van der Waals surface area contributed by atoms with Crippen LogP contribution in [0.2, 0.25) is 0 Å². The van der Waals surface area contributed by atoms with Gasteiger partial charge in [-0.05, 0) is 31.9 Å². The summed E-state index contributed by atoms with van der Waals surface area (Å²) in [5.41, 5.74) is -0.409. The van der Waals surface area contributed by atoms with Crippen molar-refractivity contribution in [1.82, 2.24) is 0 Å². The van der Waals surface area contributed by atoms with Gasteiger partial charge in [-0.15, -0.1) is 11.3 Å². The van der Waals surface area contributed by atoms with Gasteiger partial charge in [-0.25, -0.2) is 0 Å². The van der Waals surface area contributed by atoms with E-state index in [0.717, 1.165) is 19.3 Å². The van der Waals surface area contributed by atoms with E-state index in [1.807, 2.05) is 11.3 Å². The second-order valence-corrected chi connectivity index (χ2v) is 6.20. The molecule has 1 saturated carbocycles. The molecule has 15 heavy (non-hydrogen) atoms. The summed E-state index contributed by atoms with van der Waals surface area (Å²) in [6.07, 6.45) is 7.83. The van der Waals surface area contributed by atoms with Crippen LogP contribution in [-0.4, -0.2) is 10.7 Å². The van der Waals surface area contributed by atoms with Crippen LogP contribution in [0.5, 0.6) is 0 Å². The van der Waals surface area contributed by atoms with Crippen LogP contribution in [0.3, 0.4) is 0 Å². The number of rotatable bonds is 2. The highest BCUT2D eigenvalue weighted by molar-refractivity contribution is 7.11. The van der Waals surface area contributed by atoms with Crippen LogP contribution in [0.25, 0.3) is 0 Å².